The van der Waals surface area contributed by atoms with Gasteiger partial charge < -0.3 is 9.84 Å². The van der Waals surface area contributed by atoms with Gasteiger partial charge in [0.2, 0.25) is 0 Å². The number of rotatable bonds is 1. The van der Waals surface area contributed by atoms with Crippen LogP contribution in [0.25, 0.3) is 0 Å². The van der Waals surface area contributed by atoms with E-state index in [9.17, 15) is 5.11 Å². The highest BCUT2D eigenvalue weighted by Gasteiger charge is 2.62. The van der Waals surface area contributed by atoms with Gasteiger partial charge in [0, 0.05) is 10.8 Å². The largest absolute Gasteiger partial charge is 0.396 e. The van der Waals surface area contributed by atoms with Crippen molar-refractivity contribution < 1.29 is 9.84 Å². The first-order chi connectivity index (χ1) is 8.03. The molecular weight excluding hydrogens is 212 g/mol. The molecule has 2 fully saturated rings. The maximum atomic E-state index is 10.0. The Morgan fingerprint density at radius 3 is 3.00 bits per heavy atom. The van der Waals surface area contributed by atoms with E-state index in [4.69, 9.17) is 4.74 Å². The van der Waals surface area contributed by atoms with Gasteiger partial charge in [-0.3, -0.25) is 0 Å². The Balaban J connectivity index is 2.11. The summed E-state index contributed by atoms with van der Waals surface area (Å²) in [7, 11) is 0. The molecule has 0 aromatic carbocycles. The molecular formula is C15H22O2. The monoisotopic (exact) mass is 234 g/mol. The highest BCUT2D eigenvalue weighted by Crippen LogP contribution is 2.63. The van der Waals surface area contributed by atoms with E-state index in [1.165, 1.54) is 11.1 Å². The van der Waals surface area contributed by atoms with Crippen LogP contribution >= 0.6 is 0 Å². The van der Waals surface area contributed by atoms with Gasteiger partial charge in [0.05, 0.1) is 18.8 Å². The third-order valence-electron chi connectivity index (χ3n) is 5.64. The summed E-state index contributed by atoms with van der Waals surface area (Å²) >= 11 is 0. The molecule has 2 heteroatoms. The number of hydrogen-bond donors (Lipinski definition) is 1. The lowest BCUT2D eigenvalue weighted by molar-refractivity contribution is -0.138. The quantitative estimate of drug-likeness (QED) is 0.707. The van der Waals surface area contributed by atoms with E-state index in [-0.39, 0.29) is 29.6 Å². The third-order valence-corrected chi connectivity index (χ3v) is 5.64. The van der Waals surface area contributed by atoms with Gasteiger partial charge in [-0.1, -0.05) is 25.2 Å². The van der Waals surface area contributed by atoms with E-state index in [1.54, 1.807) is 0 Å². The normalized spacial score (nSPS) is 48.9. The Kier molecular flexibility index (Phi) is 2.34. The molecule has 3 rings (SSSR count). The fraction of sp³-hybridized carbons (Fsp3) is 0.733. The highest BCUT2D eigenvalue weighted by molar-refractivity contribution is 5.33. The van der Waals surface area contributed by atoms with Gasteiger partial charge in [-0.2, -0.15) is 0 Å². The summed E-state index contributed by atoms with van der Waals surface area (Å²) in [5, 5.41) is 10.0. The van der Waals surface area contributed by atoms with Crippen molar-refractivity contribution in [2.24, 2.45) is 10.8 Å². The highest BCUT2D eigenvalue weighted by atomic mass is 16.5. The number of aliphatic hydroxyl groups excluding tert-OH is 1. The topological polar surface area (TPSA) is 29.5 Å². The number of allylic oxidation sites excluding steroid dienone is 1. The molecule has 0 spiro atoms. The molecule has 0 unspecified atom stereocenters. The van der Waals surface area contributed by atoms with Gasteiger partial charge in [-0.25, -0.2) is 0 Å². The first kappa shape index (κ1) is 11.5. The molecule has 0 aromatic heterocycles. The van der Waals surface area contributed by atoms with Crippen molar-refractivity contribution in [2.45, 2.75) is 51.7 Å². The maximum Gasteiger partial charge on any atom is 0.0853 e. The Bertz CT molecular complexity index is 398. The van der Waals surface area contributed by atoms with Crippen LogP contribution in [0.5, 0.6) is 0 Å². The van der Waals surface area contributed by atoms with Crippen LogP contribution in [0.3, 0.4) is 0 Å². The van der Waals surface area contributed by atoms with Crippen LogP contribution in [-0.2, 0) is 4.74 Å². The predicted octanol–water partition coefficient (Wildman–Crippen LogP) is 2.83. The van der Waals surface area contributed by atoms with Crippen LogP contribution < -0.4 is 0 Å². The number of ether oxygens (including phenoxy) is 1. The van der Waals surface area contributed by atoms with E-state index in [1.807, 2.05) is 0 Å². The molecule has 4 atom stereocenters. The first-order valence-corrected chi connectivity index (χ1v) is 6.66. The summed E-state index contributed by atoms with van der Waals surface area (Å²) < 4.78 is 6.19. The number of fused-ring (bicyclic) bond motifs is 4. The molecule has 94 valence electrons. The lowest BCUT2D eigenvalue weighted by Crippen LogP contribution is -2.56. The van der Waals surface area contributed by atoms with E-state index in [2.05, 4.69) is 26.5 Å². The summed E-state index contributed by atoms with van der Waals surface area (Å²) in [6.45, 7) is 8.92. The van der Waals surface area contributed by atoms with Crippen molar-refractivity contribution in [3.8, 4) is 0 Å². The minimum atomic E-state index is -0.128. The Hall–Kier alpha value is -0.600. The lowest BCUT2D eigenvalue weighted by Gasteiger charge is -2.55. The summed E-state index contributed by atoms with van der Waals surface area (Å²) in [4.78, 5) is 0. The van der Waals surface area contributed by atoms with Crippen LogP contribution in [0, 0.1) is 10.8 Å². The zero-order valence-electron chi connectivity index (χ0n) is 10.8. The molecule has 2 nitrogen and oxygen atoms in total. The summed E-state index contributed by atoms with van der Waals surface area (Å²) in [5.41, 5.74) is 2.55. The zero-order valence-corrected chi connectivity index (χ0v) is 10.8. The Labute approximate surface area is 103 Å². The second-order valence-corrected chi connectivity index (χ2v) is 6.27. The van der Waals surface area contributed by atoms with Crippen LogP contribution in [0.15, 0.2) is 23.8 Å². The first-order valence-electron chi connectivity index (χ1n) is 6.66. The third kappa shape index (κ3) is 1.23. The molecule has 3 aliphatic rings. The molecule has 1 heterocycles. The van der Waals surface area contributed by atoms with Gasteiger partial charge in [0.1, 0.15) is 0 Å². The molecule has 17 heavy (non-hydrogen) atoms. The fourth-order valence-corrected chi connectivity index (χ4v) is 4.17. The molecule has 0 aromatic rings. The van der Waals surface area contributed by atoms with Crippen LogP contribution in [0.2, 0.25) is 0 Å². The van der Waals surface area contributed by atoms with Crippen molar-refractivity contribution in [1.82, 2.24) is 0 Å². The van der Waals surface area contributed by atoms with Crippen molar-refractivity contribution >= 4 is 0 Å². The minimum Gasteiger partial charge on any atom is -0.396 e. The molecule has 0 amide bonds. The fourth-order valence-electron chi connectivity index (χ4n) is 4.17. The Morgan fingerprint density at radius 2 is 2.29 bits per heavy atom. The molecule has 2 bridgehead atoms. The molecule has 1 saturated heterocycles. The SMILES string of the molecule is C=C1[C@H]2CC[C@]1(C)[C@@]1(CO)CCC(C)=C[C@H]1O2. The van der Waals surface area contributed by atoms with Gasteiger partial charge in [0.25, 0.3) is 0 Å². The van der Waals surface area contributed by atoms with E-state index in [0.717, 1.165) is 25.7 Å². The van der Waals surface area contributed by atoms with E-state index >= 15 is 0 Å². The van der Waals surface area contributed by atoms with Crippen molar-refractivity contribution in [2.75, 3.05) is 6.61 Å². The Morgan fingerprint density at radius 1 is 1.53 bits per heavy atom. The average molecular weight is 234 g/mol. The molecule has 1 N–H and O–H groups in total. The van der Waals surface area contributed by atoms with Crippen molar-refractivity contribution in [3.63, 3.8) is 0 Å². The summed E-state index contributed by atoms with van der Waals surface area (Å²) in [6, 6.07) is 0. The van der Waals surface area contributed by atoms with Crippen molar-refractivity contribution in [1.29, 1.82) is 0 Å². The number of hydrogen-bond acceptors (Lipinski definition) is 2. The van der Waals surface area contributed by atoms with E-state index < -0.39 is 0 Å². The molecule has 1 saturated carbocycles. The van der Waals surface area contributed by atoms with Gasteiger partial charge in [-0.05, 0) is 38.2 Å². The van der Waals surface area contributed by atoms with Crippen LogP contribution in [0.1, 0.15) is 39.5 Å². The van der Waals surface area contributed by atoms with Gasteiger partial charge in [0.15, 0.2) is 0 Å². The van der Waals surface area contributed by atoms with Gasteiger partial charge >= 0.3 is 0 Å². The second-order valence-electron chi connectivity index (χ2n) is 6.27. The van der Waals surface area contributed by atoms with E-state index in [0.29, 0.717) is 0 Å². The summed E-state index contributed by atoms with van der Waals surface area (Å²) in [6.07, 6.45) is 6.83. The zero-order chi connectivity index (χ0) is 12.3. The second kappa shape index (κ2) is 3.46. The van der Waals surface area contributed by atoms with Gasteiger partial charge in [-0.15, -0.1) is 0 Å². The molecule has 1 aliphatic heterocycles. The van der Waals surface area contributed by atoms with Crippen LogP contribution in [-0.4, -0.2) is 23.9 Å². The summed E-state index contributed by atoms with van der Waals surface area (Å²) in [5.74, 6) is 0. The molecule has 2 aliphatic carbocycles. The lowest BCUT2D eigenvalue weighted by atomic mass is 9.54. The number of aliphatic hydroxyl groups is 1. The predicted molar refractivity (Wildman–Crippen MR) is 67.7 cm³/mol. The standard InChI is InChI=1S/C15H22O2/c1-10-4-7-15(9-16)13(8-10)17-12-5-6-14(15,3)11(12)2/h8,12-13,16H,2,4-7,9H2,1,3H3/t12-,13-,14+,15-/m1/s1. The molecule has 0 radical (unpaired) electrons. The average Bonchev–Trinajstić information content (AvgIpc) is 2.53. The maximum absolute atomic E-state index is 10.0. The van der Waals surface area contributed by atoms with Crippen molar-refractivity contribution in [3.05, 3.63) is 23.8 Å². The van der Waals surface area contributed by atoms with Crippen LogP contribution in [0.4, 0.5) is 0 Å². The minimum absolute atomic E-state index is 0.0620. The smallest absolute Gasteiger partial charge is 0.0853 e.